The maximum atomic E-state index is 13.7. The number of nitrogens with zero attached hydrogens (tertiary/aromatic N) is 2. The molecule has 2 amide bonds. The molecule has 0 aliphatic carbocycles. The molecule has 35 heavy (non-hydrogen) atoms. The fourth-order valence-electron chi connectivity index (χ4n) is 3.44. The van der Waals surface area contributed by atoms with Crippen LogP contribution in [0.25, 0.3) is 0 Å². The summed E-state index contributed by atoms with van der Waals surface area (Å²) in [7, 11) is -3.82. The highest BCUT2D eigenvalue weighted by Gasteiger charge is 2.32. The van der Waals surface area contributed by atoms with Crippen molar-refractivity contribution in [2.45, 2.75) is 52.2 Å². The quantitative estimate of drug-likeness (QED) is 0.379. The fraction of sp³-hybridized carbons (Fsp3) is 0.417. The molecule has 2 aromatic carbocycles. The van der Waals surface area contributed by atoms with Crippen molar-refractivity contribution in [2.75, 3.05) is 17.1 Å². The molecule has 0 radical (unpaired) electrons. The van der Waals surface area contributed by atoms with Crippen LogP contribution in [0.1, 0.15) is 39.2 Å². The second-order valence-electron chi connectivity index (χ2n) is 8.22. The third-order valence-corrected chi connectivity index (χ3v) is 7.93. The molecule has 0 fully saturated rings. The molecule has 0 spiro atoms. The number of halogens is 3. The molecule has 7 nitrogen and oxygen atoms in total. The summed E-state index contributed by atoms with van der Waals surface area (Å²) in [4.78, 5) is 28.2. The second kappa shape index (κ2) is 12.9. The molecule has 0 bridgehead atoms. The Kier molecular flexibility index (Phi) is 10.9. The van der Waals surface area contributed by atoms with E-state index in [0.29, 0.717) is 32.2 Å². The predicted octanol–water partition coefficient (Wildman–Crippen LogP) is 5.24. The molecule has 0 aromatic heterocycles. The number of anilines is 1. The summed E-state index contributed by atoms with van der Waals surface area (Å²) in [5, 5.41) is 3.71. The molecular formula is C24H30BrCl2N3O4S. The van der Waals surface area contributed by atoms with E-state index in [-0.39, 0.29) is 18.5 Å². The number of carbonyl (C=O) groups excluding carboxylic acids is 2. The normalized spacial score (nSPS) is 13.1. The van der Waals surface area contributed by atoms with Gasteiger partial charge in [-0.15, -0.1) is 0 Å². The molecule has 1 N–H and O–H groups in total. The van der Waals surface area contributed by atoms with Gasteiger partial charge in [-0.3, -0.25) is 13.9 Å². The Hall–Kier alpha value is -1.81. The molecule has 0 saturated heterocycles. The van der Waals surface area contributed by atoms with Gasteiger partial charge < -0.3 is 10.2 Å². The van der Waals surface area contributed by atoms with E-state index in [0.717, 1.165) is 17.0 Å². The minimum atomic E-state index is -3.82. The smallest absolute Gasteiger partial charge is 0.244 e. The lowest BCUT2D eigenvalue weighted by atomic mass is 10.1. The van der Waals surface area contributed by atoms with Gasteiger partial charge in [0.2, 0.25) is 21.8 Å². The van der Waals surface area contributed by atoms with E-state index in [1.807, 2.05) is 13.8 Å². The van der Waals surface area contributed by atoms with Crippen molar-refractivity contribution in [3.05, 3.63) is 62.5 Å². The van der Waals surface area contributed by atoms with Gasteiger partial charge in [0.25, 0.3) is 0 Å². The first-order chi connectivity index (χ1) is 16.4. The summed E-state index contributed by atoms with van der Waals surface area (Å²) in [6, 6.07) is 10.7. The van der Waals surface area contributed by atoms with Gasteiger partial charge in [0.1, 0.15) is 12.6 Å². The first-order valence-corrected chi connectivity index (χ1v) is 14.5. The summed E-state index contributed by atoms with van der Waals surface area (Å²) in [5.74, 6) is -0.851. The van der Waals surface area contributed by atoms with E-state index >= 15 is 0 Å². The number of amides is 2. The zero-order valence-electron chi connectivity index (χ0n) is 20.1. The number of benzene rings is 2. The van der Waals surface area contributed by atoms with Gasteiger partial charge in [-0.2, -0.15) is 0 Å². The summed E-state index contributed by atoms with van der Waals surface area (Å²) < 4.78 is 26.9. The summed E-state index contributed by atoms with van der Waals surface area (Å²) in [6.45, 7) is 5.15. The predicted molar refractivity (Wildman–Crippen MR) is 145 cm³/mol. The Morgan fingerprint density at radius 1 is 1.09 bits per heavy atom. The summed E-state index contributed by atoms with van der Waals surface area (Å²) in [6.07, 6.45) is 2.09. The van der Waals surface area contributed by atoms with Crippen molar-refractivity contribution < 1.29 is 18.0 Å². The first-order valence-electron chi connectivity index (χ1n) is 11.1. The van der Waals surface area contributed by atoms with Crippen molar-refractivity contribution in [3.8, 4) is 0 Å². The van der Waals surface area contributed by atoms with Crippen LogP contribution in [-0.2, 0) is 26.2 Å². The van der Waals surface area contributed by atoms with E-state index < -0.39 is 28.5 Å². The SMILES string of the molecule is CC[C@H](C(=O)N[C@@H](C)CC)N(Cc1ccc(Cl)cc1Cl)C(=O)CN(c1ccccc1Br)S(C)(=O)=O. The standard InChI is InChI=1S/C24H30BrCl2N3O4S/c1-5-16(3)28-24(32)21(6-2)29(14-17-11-12-18(26)13-20(17)27)23(31)15-30(35(4,33)34)22-10-8-7-9-19(22)25/h7-13,16,21H,5-6,14-15H2,1-4H3,(H,28,32)/t16-,21+/m0/s1. The number of hydrogen-bond acceptors (Lipinski definition) is 4. The third-order valence-electron chi connectivity index (χ3n) is 5.54. The topological polar surface area (TPSA) is 86.8 Å². The van der Waals surface area contributed by atoms with Crippen LogP contribution in [0.15, 0.2) is 46.9 Å². The van der Waals surface area contributed by atoms with Gasteiger partial charge >= 0.3 is 0 Å². The van der Waals surface area contributed by atoms with Crippen LogP contribution in [0.2, 0.25) is 10.0 Å². The molecule has 2 rings (SSSR count). The molecule has 11 heteroatoms. The largest absolute Gasteiger partial charge is 0.352 e. The average molecular weight is 607 g/mol. The Balaban J connectivity index is 2.49. The summed E-state index contributed by atoms with van der Waals surface area (Å²) in [5.41, 5.74) is 0.913. The van der Waals surface area contributed by atoms with Crippen molar-refractivity contribution in [3.63, 3.8) is 0 Å². The molecule has 0 aliphatic rings. The molecule has 2 atom stereocenters. The number of rotatable bonds is 11. The van der Waals surface area contributed by atoms with E-state index in [1.54, 1.807) is 49.4 Å². The van der Waals surface area contributed by atoms with Gasteiger partial charge in [0, 0.05) is 27.1 Å². The van der Waals surface area contributed by atoms with Crippen LogP contribution in [0, 0.1) is 0 Å². The lowest BCUT2D eigenvalue weighted by Crippen LogP contribution is -2.53. The Morgan fingerprint density at radius 2 is 1.74 bits per heavy atom. The number of para-hydroxylation sites is 1. The third kappa shape index (κ3) is 8.10. The van der Waals surface area contributed by atoms with Gasteiger partial charge in [-0.25, -0.2) is 8.42 Å². The molecule has 2 aromatic rings. The van der Waals surface area contributed by atoms with Crippen LogP contribution >= 0.6 is 39.1 Å². The minimum Gasteiger partial charge on any atom is -0.352 e. The maximum absolute atomic E-state index is 13.7. The first kappa shape index (κ1) is 29.4. The molecule has 0 aliphatic heterocycles. The Morgan fingerprint density at radius 3 is 2.29 bits per heavy atom. The van der Waals surface area contributed by atoms with Crippen LogP contribution in [-0.4, -0.2) is 50.0 Å². The monoisotopic (exact) mass is 605 g/mol. The van der Waals surface area contributed by atoms with Crippen LogP contribution in [0.4, 0.5) is 5.69 Å². The Bertz CT molecular complexity index is 1160. The lowest BCUT2D eigenvalue weighted by molar-refractivity contribution is -0.140. The number of hydrogen-bond donors (Lipinski definition) is 1. The zero-order valence-corrected chi connectivity index (χ0v) is 24.0. The number of nitrogens with one attached hydrogen (secondary N) is 1. The fourth-order valence-corrected chi connectivity index (χ4v) is 5.39. The van der Waals surface area contributed by atoms with Crippen molar-refractivity contribution in [2.24, 2.45) is 0 Å². The minimum absolute atomic E-state index is 0.00876. The highest BCUT2D eigenvalue weighted by Crippen LogP contribution is 2.29. The Labute approximate surface area is 225 Å². The van der Waals surface area contributed by atoms with Crippen LogP contribution in [0.3, 0.4) is 0 Å². The van der Waals surface area contributed by atoms with E-state index in [9.17, 15) is 18.0 Å². The van der Waals surface area contributed by atoms with Crippen molar-refractivity contribution >= 4 is 66.7 Å². The number of sulfonamides is 1. The molecule has 0 unspecified atom stereocenters. The average Bonchev–Trinajstić information content (AvgIpc) is 2.78. The molecule has 0 saturated carbocycles. The van der Waals surface area contributed by atoms with E-state index in [4.69, 9.17) is 23.2 Å². The highest BCUT2D eigenvalue weighted by molar-refractivity contribution is 9.10. The van der Waals surface area contributed by atoms with Gasteiger partial charge in [0.05, 0.1) is 11.9 Å². The molecule has 0 heterocycles. The van der Waals surface area contributed by atoms with Gasteiger partial charge in [-0.1, -0.05) is 55.2 Å². The molecule has 192 valence electrons. The van der Waals surface area contributed by atoms with Crippen LogP contribution < -0.4 is 9.62 Å². The van der Waals surface area contributed by atoms with Crippen molar-refractivity contribution in [1.29, 1.82) is 0 Å². The van der Waals surface area contributed by atoms with Crippen molar-refractivity contribution in [1.82, 2.24) is 10.2 Å². The molecular weight excluding hydrogens is 577 g/mol. The maximum Gasteiger partial charge on any atom is 0.244 e. The number of carbonyl (C=O) groups is 2. The van der Waals surface area contributed by atoms with E-state index in [2.05, 4.69) is 21.2 Å². The lowest BCUT2D eigenvalue weighted by Gasteiger charge is -2.33. The van der Waals surface area contributed by atoms with E-state index in [1.165, 1.54) is 4.90 Å². The highest BCUT2D eigenvalue weighted by atomic mass is 79.9. The van der Waals surface area contributed by atoms with Gasteiger partial charge in [-0.05, 0) is 65.5 Å². The summed E-state index contributed by atoms with van der Waals surface area (Å²) >= 11 is 15.8. The van der Waals surface area contributed by atoms with Gasteiger partial charge in [0.15, 0.2) is 0 Å². The zero-order chi connectivity index (χ0) is 26.3. The van der Waals surface area contributed by atoms with Crippen LogP contribution in [0.5, 0.6) is 0 Å². The second-order valence-corrected chi connectivity index (χ2v) is 11.8.